The van der Waals surface area contributed by atoms with Gasteiger partial charge in [0.1, 0.15) is 0 Å². The van der Waals surface area contributed by atoms with Gasteiger partial charge < -0.3 is 10.5 Å². The maximum atomic E-state index is 13.6. The molecule has 1 aromatic rings. The van der Waals surface area contributed by atoms with Gasteiger partial charge in [-0.15, -0.1) is 0 Å². The van der Waals surface area contributed by atoms with E-state index in [4.69, 9.17) is 10.5 Å². The molecule has 0 saturated heterocycles. The van der Waals surface area contributed by atoms with Crippen LogP contribution in [0.2, 0.25) is 0 Å². The Morgan fingerprint density at radius 2 is 2.00 bits per heavy atom. The van der Waals surface area contributed by atoms with Crippen molar-refractivity contribution in [2.45, 2.75) is 40.2 Å². The smallest absolute Gasteiger partial charge is 0.165 e. The van der Waals surface area contributed by atoms with E-state index in [9.17, 15) is 4.39 Å². The van der Waals surface area contributed by atoms with Gasteiger partial charge in [-0.25, -0.2) is 4.39 Å². The van der Waals surface area contributed by atoms with Crippen molar-refractivity contribution in [2.24, 2.45) is 11.1 Å². The molecule has 1 rings (SSSR count). The molecule has 0 bridgehead atoms. The van der Waals surface area contributed by atoms with Crippen molar-refractivity contribution in [3.05, 3.63) is 29.6 Å². The Morgan fingerprint density at radius 1 is 1.35 bits per heavy atom. The minimum Gasteiger partial charge on any atom is -0.490 e. The topological polar surface area (TPSA) is 35.2 Å². The highest BCUT2D eigenvalue weighted by Crippen LogP contribution is 2.28. The largest absolute Gasteiger partial charge is 0.490 e. The van der Waals surface area contributed by atoms with E-state index in [-0.39, 0.29) is 17.3 Å². The summed E-state index contributed by atoms with van der Waals surface area (Å²) in [5, 5.41) is 0. The van der Waals surface area contributed by atoms with Crippen LogP contribution in [0.1, 0.15) is 45.7 Å². The third-order valence-corrected chi connectivity index (χ3v) is 2.59. The summed E-state index contributed by atoms with van der Waals surface area (Å²) in [4.78, 5) is 0. The second-order valence-corrected chi connectivity index (χ2v) is 5.61. The van der Waals surface area contributed by atoms with Gasteiger partial charge in [-0.05, 0) is 24.8 Å². The van der Waals surface area contributed by atoms with Gasteiger partial charge in [-0.3, -0.25) is 0 Å². The monoisotopic (exact) mass is 239 g/mol. The Morgan fingerprint density at radius 3 is 2.53 bits per heavy atom. The van der Waals surface area contributed by atoms with Crippen LogP contribution >= 0.6 is 0 Å². The van der Waals surface area contributed by atoms with Gasteiger partial charge in [-0.1, -0.05) is 32.9 Å². The molecule has 2 nitrogen and oxygen atoms in total. The van der Waals surface area contributed by atoms with Crippen molar-refractivity contribution < 1.29 is 9.13 Å². The predicted molar refractivity (Wildman–Crippen MR) is 68.6 cm³/mol. The molecule has 0 radical (unpaired) electrons. The van der Waals surface area contributed by atoms with E-state index < -0.39 is 0 Å². The second-order valence-electron chi connectivity index (χ2n) is 5.61. The van der Waals surface area contributed by atoms with Gasteiger partial charge in [0.25, 0.3) is 0 Å². The molecule has 0 aliphatic carbocycles. The Bertz CT molecular complexity index is 369. The van der Waals surface area contributed by atoms with Gasteiger partial charge in [-0.2, -0.15) is 0 Å². The normalized spacial score (nSPS) is 13.5. The summed E-state index contributed by atoms with van der Waals surface area (Å²) < 4.78 is 19.2. The third-order valence-electron chi connectivity index (χ3n) is 2.59. The zero-order chi connectivity index (χ0) is 13.1. The first kappa shape index (κ1) is 14.0. The fourth-order valence-corrected chi connectivity index (χ4v) is 1.50. The SMILES string of the molecule is C[C@@H](N)c1cccc(F)c1OCCC(C)(C)C. The summed E-state index contributed by atoms with van der Waals surface area (Å²) in [5.41, 5.74) is 6.70. The number of ether oxygens (including phenoxy) is 1. The van der Waals surface area contributed by atoms with E-state index in [2.05, 4.69) is 20.8 Å². The summed E-state index contributed by atoms with van der Waals surface area (Å²) in [5.74, 6) is -0.0412. The Kier molecular flexibility index (Phi) is 4.52. The number of rotatable bonds is 4. The maximum Gasteiger partial charge on any atom is 0.165 e. The molecule has 1 aromatic carbocycles. The lowest BCUT2D eigenvalue weighted by molar-refractivity contribution is 0.232. The highest BCUT2D eigenvalue weighted by atomic mass is 19.1. The zero-order valence-corrected chi connectivity index (χ0v) is 11.1. The van der Waals surface area contributed by atoms with Crippen LogP contribution in [0.25, 0.3) is 0 Å². The van der Waals surface area contributed by atoms with Gasteiger partial charge in [0.15, 0.2) is 11.6 Å². The fourth-order valence-electron chi connectivity index (χ4n) is 1.50. The number of halogens is 1. The van der Waals surface area contributed by atoms with Crippen LogP contribution in [0.3, 0.4) is 0 Å². The van der Waals surface area contributed by atoms with Gasteiger partial charge in [0, 0.05) is 11.6 Å². The molecule has 0 aliphatic heterocycles. The molecule has 3 heteroatoms. The van der Waals surface area contributed by atoms with Crippen molar-refractivity contribution >= 4 is 0 Å². The molecule has 0 spiro atoms. The standard InChI is InChI=1S/C14H22FNO/c1-10(16)11-6-5-7-12(15)13(11)17-9-8-14(2,3)4/h5-7,10H,8-9,16H2,1-4H3/t10-/m1/s1. The molecular formula is C14H22FNO. The molecule has 17 heavy (non-hydrogen) atoms. The minimum absolute atomic E-state index is 0.180. The zero-order valence-electron chi connectivity index (χ0n) is 11.1. The number of hydrogen-bond donors (Lipinski definition) is 1. The maximum absolute atomic E-state index is 13.6. The molecule has 96 valence electrons. The van der Waals surface area contributed by atoms with E-state index in [1.165, 1.54) is 6.07 Å². The number of benzene rings is 1. The van der Waals surface area contributed by atoms with Crippen LogP contribution in [0.5, 0.6) is 5.75 Å². The third kappa shape index (κ3) is 4.35. The molecule has 1 atom stereocenters. The Labute approximate surface area is 103 Å². The molecule has 0 aliphatic rings. The van der Waals surface area contributed by atoms with Crippen LogP contribution in [-0.2, 0) is 0 Å². The van der Waals surface area contributed by atoms with Gasteiger partial charge >= 0.3 is 0 Å². The highest BCUT2D eigenvalue weighted by Gasteiger charge is 2.15. The van der Waals surface area contributed by atoms with Crippen LogP contribution in [0.4, 0.5) is 4.39 Å². The van der Waals surface area contributed by atoms with Crippen LogP contribution in [0.15, 0.2) is 18.2 Å². The van der Waals surface area contributed by atoms with Gasteiger partial charge in [0.05, 0.1) is 6.61 Å². The lowest BCUT2D eigenvalue weighted by Crippen LogP contribution is -2.14. The van der Waals surface area contributed by atoms with Crippen molar-refractivity contribution in [3.8, 4) is 5.75 Å². The van der Waals surface area contributed by atoms with E-state index in [1.54, 1.807) is 12.1 Å². The molecule has 0 unspecified atom stereocenters. The minimum atomic E-state index is -0.339. The summed E-state index contributed by atoms with van der Waals surface area (Å²) >= 11 is 0. The summed E-state index contributed by atoms with van der Waals surface area (Å²) in [6, 6.07) is 4.64. The van der Waals surface area contributed by atoms with E-state index >= 15 is 0 Å². The Hall–Kier alpha value is -1.09. The highest BCUT2D eigenvalue weighted by molar-refractivity contribution is 5.36. The molecule has 0 amide bonds. The summed E-state index contributed by atoms with van der Waals surface area (Å²) in [6.45, 7) is 8.72. The average Bonchev–Trinajstić information content (AvgIpc) is 2.18. The number of para-hydroxylation sites is 1. The van der Waals surface area contributed by atoms with E-state index in [0.29, 0.717) is 12.4 Å². The van der Waals surface area contributed by atoms with Crippen molar-refractivity contribution in [2.75, 3.05) is 6.61 Å². The van der Waals surface area contributed by atoms with Crippen molar-refractivity contribution in [1.82, 2.24) is 0 Å². The summed E-state index contributed by atoms with van der Waals surface area (Å²) in [6.07, 6.45) is 0.875. The molecule has 2 N–H and O–H groups in total. The average molecular weight is 239 g/mol. The van der Waals surface area contributed by atoms with Crippen LogP contribution < -0.4 is 10.5 Å². The quantitative estimate of drug-likeness (QED) is 0.870. The molecule has 0 fully saturated rings. The fraction of sp³-hybridized carbons (Fsp3) is 0.571. The molecule has 0 saturated carbocycles. The molecular weight excluding hydrogens is 217 g/mol. The molecule has 0 aromatic heterocycles. The lowest BCUT2D eigenvalue weighted by Gasteiger charge is -2.20. The van der Waals surface area contributed by atoms with Crippen molar-refractivity contribution in [3.63, 3.8) is 0 Å². The summed E-state index contributed by atoms with van der Waals surface area (Å²) in [7, 11) is 0. The second kappa shape index (κ2) is 5.50. The van der Waals surface area contributed by atoms with E-state index in [1.807, 2.05) is 6.92 Å². The first-order chi connectivity index (χ1) is 7.81. The number of hydrogen-bond acceptors (Lipinski definition) is 2. The first-order valence-corrected chi connectivity index (χ1v) is 5.98. The molecule has 0 heterocycles. The number of nitrogens with two attached hydrogens (primary N) is 1. The van der Waals surface area contributed by atoms with Crippen LogP contribution in [-0.4, -0.2) is 6.61 Å². The van der Waals surface area contributed by atoms with Crippen LogP contribution in [0, 0.1) is 11.2 Å². The first-order valence-electron chi connectivity index (χ1n) is 5.98. The Balaban J connectivity index is 2.76. The van der Waals surface area contributed by atoms with Gasteiger partial charge in [0.2, 0.25) is 0 Å². The predicted octanol–water partition coefficient (Wildman–Crippen LogP) is 3.66. The van der Waals surface area contributed by atoms with E-state index in [0.717, 1.165) is 12.0 Å². The lowest BCUT2D eigenvalue weighted by atomic mass is 9.93. The van der Waals surface area contributed by atoms with Crippen molar-refractivity contribution in [1.29, 1.82) is 0 Å².